The number of nitrogens with zero attached hydrogens (tertiary/aromatic N) is 3. The molecule has 0 bridgehead atoms. The number of halogens is 1. The van der Waals surface area contributed by atoms with Crippen molar-refractivity contribution in [3.05, 3.63) is 71.7 Å². The number of anilines is 4. The van der Waals surface area contributed by atoms with Crippen LogP contribution in [0.2, 0.25) is 0 Å². The first-order chi connectivity index (χ1) is 17.4. The average Bonchev–Trinajstić information content (AvgIpc) is 2.88. The first kappa shape index (κ1) is 23.6. The fraction of sp³-hybridized carbons (Fsp3) is 0.296. The number of carbonyl (C=O) groups excluding carboxylic acids is 2. The van der Waals surface area contributed by atoms with Crippen LogP contribution < -0.4 is 25.6 Å². The predicted molar refractivity (Wildman–Crippen MR) is 136 cm³/mol. The van der Waals surface area contributed by atoms with E-state index in [-0.39, 0.29) is 17.7 Å². The van der Waals surface area contributed by atoms with E-state index in [2.05, 4.69) is 10.3 Å². The molecule has 2 aromatic carbocycles. The van der Waals surface area contributed by atoms with Gasteiger partial charge in [0.15, 0.2) is 5.75 Å². The minimum absolute atomic E-state index is 0.167. The Morgan fingerprint density at radius 3 is 2.58 bits per heavy atom. The van der Waals surface area contributed by atoms with E-state index in [1.54, 1.807) is 30.5 Å². The highest BCUT2D eigenvalue weighted by atomic mass is 19.1. The third-order valence-electron chi connectivity index (χ3n) is 6.71. The molecule has 0 saturated carbocycles. The molecule has 36 heavy (non-hydrogen) atoms. The Kier molecular flexibility index (Phi) is 6.45. The number of pyridine rings is 1. The third kappa shape index (κ3) is 4.68. The number of benzene rings is 2. The number of carbonyl (C=O) groups is 2. The van der Waals surface area contributed by atoms with Crippen LogP contribution >= 0.6 is 0 Å². The van der Waals surface area contributed by atoms with Gasteiger partial charge in [-0.2, -0.15) is 0 Å². The summed E-state index contributed by atoms with van der Waals surface area (Å²) in [6.07, 6.45) is 3.00. The molecule has 0 atom stereocenters. The molecule has 1 saturated heterocycles. The highest BCUT2D eigenvalue weighted by Crippen LogP contribution is 2.39. The maximum atomic E-state index is 15.0. The summed E-state index contributed by atoms with van der Waals surface area (Å²) in [5.41, 5.74) is 8.36. The molecule has 3 N–H and O–H groups in total. The number of fused-ring (bicyclic) bond motifs is 1. The van der Waals surface area contributed by atoms with Gasteiger partial charge in [-0.15, -0.1) is 0 Å². The molecule has 0 unspecified atom stereocenters. The van der Waals surface area contributed by atoms with Crippen LogP contribution in [-0.4, -0.2) is 43.0 Å². The van der Waals surface area contributed by atoms with E-state index in [0.29, 0.717) is 61.8 Å². The van der Waals surface area contributed by atoms with Gasteiger partial charge in [0.1, 0.15) is 18.2 Å². The molecule has 2 aliphatic heterocycles. The van der Waals surface area contributed by atoms with E-state index < -0.39 is 5.82 Å². The summed E-state index contributed by atoms with van der Waals surface area (Å²) in [6.45, 7) is 4.10. The van der Waals surface area contributed by atoms with Crippen LogP contribution in [0.4, 0.5) is 27.3 Å². The molecule has 0 radical (unpaired) electrons. The second-order valence-corrected chi connectivity index (χ2v) is 9.13. The number of aryl methyl sites for hydroxylation is 1. The lowest BCUT2D eigenvalue weighted by Gasteiger charge is -2.32. The Hall–Kier alpha value is -4.14. The van der Waals surface area contributed by atoms with Crippen LogP contribution in [0, 0.1) is 18.7 Å². The molecule has 9 heteroatoms. The summed E-state index contributed by atoms with van der Waals surface area (Å²) >= 11 is 0. The lowest BCUT2D eigenvalue weighted by Crippen LogP contribution is -2.38. The zero-order valence-electron chi connectivity index (χ0n) is 20.0. The Bertz CT molecular complexity index is 1290. The summed E-state index contributed by atoms with van der Waals surface area (Å²) in [5, 5.41) is 2.79. The van der Waals surface area contributed by atoms with Gasteiger partial charge in [-0.05, 0) is 61.7 Å². The SMILES string of the molecule is Cc1ccc(N2CCOc3c(C(=O)Nc4ccc(N5CCC(C(N)=O)CC5)c(F)c4)cccc32)nc1. The molecular weight excluding hydrogens is 461 g/mol. The number of hydrogen-bond acceptors (Lipinski definition) is 6. The molecule has 3 aromatic rings. The second kappa shape index (κ2) is 9.85. The van der Waals surface area contributed by atoms with Gasteiger partial charge in [-0.1, -0.05) is 12.1 Å². The molecular formula is C27H28FN5O3. The Morgan fingerprint density at radius 2 is 1.89 bits per heavy atom. The number of nitrogens with two attached hydrogens (primary N) is 1. The quantitative estimate of drug-likeness (QED) is 0.562. The van der Waals surface area contributed by atoms with Crippen molar-refractivity contribution in [1.29, 1.82) is 0 Å². The van der Waals surface area contributed by atoms with E-state index in [0.717, 1.165) is 17.1 Å². The van der Waals surface area contributed by atoms with Crippen molar-refractivity contribution >= 4 is 34.7 Å². The fourth-order valence-electron chi connectivity index (χ4n) is 4.73. The number of aromatic nitrogens is 1. The molecule has 1 aromatic heterocycles. The van der Waals surface area contributed by atoms with Crippen molar-refractivity contribution in [2.75, 3.05) is 41.4 Å². The minimum atomic E-state index is -0.437. The highest BCUT2D eigenvalue weighted by Gasteiger charge is 2.27. The minimum Gasteiger partial charge on any atom is -0.489 e. The van der Waals surface area contributed by atoms with Crippen molar-refractivity contribution in [3.8, 4) is 5.75 Å². The number of hydrogen-bond donors (Lipinski definition) is 2. The van der Waals surface area contributed by atoms with Crippen molar-refractivity contribution in [3.63, 3.8) is 0 Å². The third-order valence-corrected chi connectivity index (χ3v) is 6.71. The van der Waals surface area contributed by atoms with Gasteiger partial charge < -0.3 is 25.6 Å². The second-order valence-electron chi connectivity index (χ2n) is 9.13. The van der Waals surface area contributed by atoms with Gasteiger partial charge in [0, 0.05) is 30.9 Å². The van der Waals surface area contributed by atoms with Gasteiger partial charge in [-0.3, -0.25) is 9.59 Å². The van der Waals surface area contributed by atoms with E-state index in [4.69, 9.17) is 10.5 Å². The molecule has 3 heterocycles. The van der Waals surface area contributed by atoms with Crippen LogP contribution in [0.15, 0.2) is 54.7 Å². The average molecular weight is 490 g/mol. The summed E-state index contributed by atoms with van der Waals surface area (Å²) in [7, 11) is 0. The van der Waals surface area contributed by atoms with E-state index >= 15 is 0 Å². The van der Waals surface area contributed by atoms with Crippen molar-refractivity contribution in [2.45, 2.75) is 19.8 Å². The molecule has 0 aliphatic carbocycles. The number of primary amides is 1. The normalized spacial score (nSPS) is 15.7. The maximum absolute atomic E-state index is 15.0. The number of nitrogens with one attached hydrogen (secondary N) is 1. The first-order valence-corrected chi connectivity index (χ1v) is 12.0. The number of amides is 2. The Morgan fingerprint density at radius 1 is 1.08 bits per heavy atom. The molecule has 186 valence electrons. The zero-order chi connectivity index (χ0) is 25.2. The Labute approximate surface area is 208 Å². The van der Waals surface area contributed by atoms with E-state index in [1.165, 1.54) is 6.07 Å². The smallest absolute Gasteiger partial charge is 0.259 e. The van der Waals surface area contributed by atoms with Gasteiger partial charge in [-0.25, -0.2) is 9.37 Å². The fourth-order valence-corrected chi connectivity index (χ4v) is 4.73. The van der Waals surface area contributed by atoms with Crippen LogP contribution in [0.25, 0.3) is 0 Å². The predicted octanol–water partition coefficient (Wildman–Crippen LogP) is 4.01. The maximum Gasteiger partial charge on any atom is 0.259 e. The first-order valence-electron chi connectivity index (χ1n) is 12.0. The topological polar surface area (TPSA) is 101 Å². The van der Waals surface area contributed by atoms with Gasteiger partial charge >= 0.3 is 0 Å². The number of para-hydroxylation sites is 1. The molecule has 8 nitrogen and oxygen atoms in total. The summed E-state index contributed by atoms with van der Waals surface area (Å²) in [6, 6.07) is 13.9. The van der Waals surface area contributed by atoms with Gasteiger partial charge in [0.2, 0.25) is 5.91 Å². The monoisotopic (exact) mass is 489 g/mol. The van der Waals surface area contributed by atoms with Crippen LogP contribution in [0.3, 0.4) is 0 Å². The van der Waals surface area contributed by atoms with Crippen LogP contribution in [0.5, 0.6) is 5.75 Å². The van der Waals surface area contributed by atoms with Crippen molar-refractivity contribution in [1.82, 2.24) is 4.98 Å². The molecule has 5 rings (SSSR count). The number of piperidine rings is 1. The van der Waals surface area contributed by atoms with Crippen LogP contribution in [0.1, 0.15) is 28.8 Å². The lowest BCUT2D eigenvalue weighted by atomic mass is 9.96. The zero-order valence-corrected chi connectivity index (χ0v) is 20.0. The summed E-state index contributed by atoms with van der Waals surface area (Å²) in [5.74, 6) is -0.0512. The van der Waals surface area contributed by atoms with E-state index in [9.17, 15) is 14.0 Å². The number of ether oxygens (including phenoxy) is 1. The lowest BCUT2D eigenvalue weighted by molar-refractivity contribution is -0.122. The summed E-state index contributed by atoms with van der Waals surface area (Å²) < 4.78 is 20.9. The molecule has 0 spiro atoms. The Balaban J connectivity index is 1.33. The molecule has 2 aliphatic rings. The largest absolute Gasteiger partial charge is 0.489 e. The van der Waals surface area contributed by atoms with Crippen molar-refractivity contribution < 1.29 is 18.7 Å². The van der Waals surface area contributed by atoms with Crippen LogP contribution in [-0.2, 0) is 4.79 Å². The van der Waals surface area contributed by atoms with Gasteiger partial charge in [0.05, 0.1) is 23.5 Å². The highest BCUT2D eigenvalue weighted by molar-refractivity contribution is 6.07. The number of rotatable bonds is 5. The standard InChI is InChI=1S/C27H28FN5O3/c1-17-5-8-24(30-16-17)33-13-14-36-25-20(3-2-4-23(25)33)27(35)31-19-6-7-22(21(28)15-19)32-11-9-18(10-12-32)26(29)34/h2-8,15-16,18H,9-14H2,1H3,(H2,29,34)(H,31,35). The van der Waals surface area contributed by atoms with Gasteiger partial charge in [0.25, 0.3) is 5.91 Å². The van der Waals surface area contributed by atoms with E-state index in [1.807, 2.05) is 34.9 Å². The molecule has 1 fully saturated rings. The molecule has 2 amide bonds. The van der Waals surface area contributed by atoms with Crippen molar-refractivity contribution in [2.24, 2.45) is 11.7 Å². The summed E-state index contributed by atoms with van der Waals surface area (Å²) in [4.78, 5) is 33.0.